The molecule has 1 saturated heterocycles. The van der Waals surface area contributed by atoms with E-state index in [4.69, 9.17) is 20.9 Å². The molecule has 0 saturated carbocycles. The third-order valence-corrected chi connectivity index (χ3v) is 4.49. The van der Waals surface area contributed by atoms with Crippen LogP contribution in [0.4, 0.5) is 5.82 Å². The minimum absolute atomic E-state index is 0.00108. The Morgan fingerprint density at radius 3 is 2.92 bits per heavy atom. The maximum Gasteiger partial charge on any atom is 0.356 e. The van der Waals surface area contributed by atoms with Gasteiger partial charge in [-0.3, -0.25) is 0 Å². The maximum atomic E-state index is 11.2. The highest BCUT2D eigenvalue weighted by atomic mass is 35.5. The van der Waals surface area contributed by atoms with Gasteiger partial charge < -0.3 is 19.3 Å². The number of hydrogen-bond acceptors (Lipinski definition) is 6. The molecule has 2 aromatic heterocycles. The van der Waals surface area contributed by atoms with E-state index >= 15 is 0 Å². The Kier molecular flexibility index (Phi) is 4.73. The SMILES string of the molecule is CO[C@H]1CN(c2ccc(Cl)c(C(=O)O)n2)C[C@H]1Cc1cc(C)no1. The van der Waals surface area contributed by atoms with Crippen molar-refractivity contribution in [2.24, 2.45) is 5.92 Å². The van der Waals surface area contributed by atoms with E-state index in [1.807, 2.05) is 17.9 Å². The minimum Gasteiger partial charge on any atom is -0.476 e. The number of carboxylic acid groups (broad SMARTS) is 1. The second-order valence-corrected chi connectivity index (χ2v) is 6.29. The molecule has 7 nitrogen and oxygen atoms in total. The summed E-state index contributed by atoms with van der Waals surface area (Å²) in [5, 5.41) is 13.2. The summed E-state index contributed by atoms with van der Waals surface area (Å²) in [7, 11) is 1.67. The zero-order valence-electron chi connectivity index (χ0n) is 13.4. The fourth-order valence-corrected chi connectivity index (χ4v) is 3.21. The lowest BCUT2D eigenvalue weighted by Gasteiger charge is -2.17. The van der Waals surface area contributed by atoms with Crippen LogP contribution in [0.1, 0.15) is 21.9 Å². The Balaban J connectivity index is 1.78. The van der Waals surface area contributed by atoms with E-state index in [0.29, 0.717) is 25.3 Å². The van der Waals surface area contributed by atoms with Gasteiger partial charge in [0.2, 0.25) is 0 Å². The molecular formula is C16H18ClN3O4. The average molecular weight is 352 g/mol. The molecule has 2 aromatic rings. The number of carboxylic acids is 1. The third kappa shape index (κ3) is 3.37. The van der Waals surface area contributed by atoms with Crippen LogP contribution in [0.2, 0.25) is 5.02 Å². The summed E-state index contributed by atoms with van der Waals surface area (Å²) in [6, 6.07) is 5.20. The van der Waals surface area contributed by atoms with Gasteiger partial charge in [-0.15, -0.1) is 0 Å². The smallest absolute Gasteiger partial charge is 0.356 e. The first-order valence-corrected chi connectivity index (χ1v) is 7.95. The molecule has 1 aliphatic rings. The van der Waals surface area contributed by atoms with Crippen LogP contribution < -0.4 is 4.90 Å². The summed E-state index contributed by atoms with van der Waals surface area (Å²) in [5.74, 6) is 0.456. The minimum atomic E-state index is -1.14. The molecule has 0 unspecified atom stereocenters. The zero-order chi connectivity index (χ0) is 17.3. The number of methoxy groups -OCH3 is 1. The molecule has 0 amide bonds. The van der Waals surface area contributed by atoms with Crippen molar-refractivity contribution in [3.05, 3.63) is 40.4 Å². The third-order valence-electron chi connectivity index (χ3n) is 4.18. The largest absolute Gasteiger partial charge is 0.476 e. The molecule has 0 aliphatic carbocycles. The molecule has 1 fully saturated rings. The van der Waals surface area contributed by atoms with Crippen LogP contribution in [0, 0.1) is 12.8 Å². The molecule has 0 bridgehead atoms. The number of aromatic carboxylic acids is 1. The van der Waals surface area contributed by atoms with E-state index in [9.17, 15) is 9.90 Å². The van der Waals surface area contributed by atoms with Crippen molar-refractivity contribution in [1.82, 2.24) is 10.1 Å². The number of nitrogens with zero attached hydrogens (tertiary/aromatic N) is 3. The van der Waals surface area contributed by atoms with E-state index < -0.39 is 5.97 Å². The van der Waals surface area contributed by atoms with Crippen LogP contribution >= 0.6 is 11.6 Å². The van der Waals surface area contributed by atoms with Crippen LogP contribution in [-0.4, -0.2) is 47.5 Å². The molecule has 0 radical (unpaired) electrons. The molecule has 128 valence electrons. The predicted octanol–water partition coefficient (Wildman–Crippen LogP) is 2.42. The van der Waals surface area contributed by atoms with E-state index in [-0.39, 0.29) is 22.7 Å². The Hall–Kier alpha value is -2.12. The van der Waals surface area contributed by atoms with Crippen LogP contribution in [0.3, 0.4) is 0 Å². The van der Waals surface area contributed by atoms with Gasteiger partial charge in [0.05, 0.1) is 16.8 Å². The van der Waals surface area contributed by atoms with Crippen molar-refractivity contribution in [3.63, 3.8) is 0 Å². The number of ether oxygens (including phenoxy) is 1. The molecule has 0 spiro atoms. The van der Waals surface area contributed by atoms with Crippen molar-refractivity contribution < 1.29 is 19.2 Å². The lowest BCUT2D eigenvalue weighted by Crippen LogP contribution is -2.24. The zero-order valence-corrected chi connectivity index (χ0v) is 14.2. The fourth-order valence-electron chi connectivity index (χ4n) is 3.02. The van der Waals surface area contributed by atoms with Crippen molar-refractivity contribution in [1.29, 1.82) is 0 Å². The van der Waals surface area contributed by atoms with Crippen LogP contribution in [-0.2, 0) is 11.2 Å². The van der Waals surface area contributed by atoms with Gasteiger partial charge in [-0.1, -0.05) is 16.8 Å². The van der Waals surface area contributed by atoms with Crippen molar-refractivity contribution in [3.8, 4) is 0 Å². The lowest BCUT2D eigenvalue weighted by atomic mass is 10.0. The summed E-state index contributed by atoms with van der Waals surface area (Å²) >= 11 is 5.89. The van der Waals surface area contributed by atoms with Gasteiger partial charge in [0.25, 0.3) is 0 Å². The topological polar surface area (TPSA) is 88.7 Å². The van der Waals surface area contributed by atoms with Crippen molar-refractivity contribution in [2.75, 3.05) is 25.1 Å². The first-order chi connectivity index (χ1) is 11.5. The van der Waals surface area contributed by atoms with Crippen LogP contribution in [0.15, 0.2) is 22.7 Å². The second-order valence-electron chi connectivity index (χ2n) is 5.88. The second kappa shape index (κ2) is 6.78. The fraction of sp³-hybridized carbons (Fsp3) is 0.438. The van der Waals surface area contributed by atoms with Crippen LogP contribution in [0.5, 0.6) is 0 Å². The Morgan fingerprint density at radius 1 is 1.50 bits per heavy atom. The van der Waals surface area contributed by atoms with Gasteiger partial charge in [0.15, 0.2) is 5.69 Å². The van der Waals surface area contributed by atoms with E-state index in [1.54, 1.807) is 19.2 Å². The number of anilines is 1. The standard InChI is InChI=1S/C16H18ClN3O4/c1-9-5-11(24-19-9)6-10-7-20(8-13(10)23-2)14-4-3-12(17)15(18-14)16(21)22/h3-5,10,13H,6-8H2,1-2H3,(H,21,22)/t10-,13+/m1/s1. The molecule has 1 aliphatic heterocycles. The highest BCUT2D eigenvalue weighted by Gasteiger charge is 2.34. The number of rotatable bonds is 5. The molecule has 8 heteroatoms. The average Bonchev–Trinajstić information content (AvgIpc) is 3.14. The van der Waals surface area contributed by atoms with Crippen molar-refractivity contribution in [2.45, 2.75) is 19.4 Å². The first kappa shape index (κ1) is 16.7. The quantitative estimate of drug-likeness (QED) is 0.884. The van der Waals surface area contributed by atoms with Gasteiger partial charge in [-0.05, 0) is 19.1 Å². The molecule has 24 heavy (non-hydrogen) atoms. The summed E-state index contributed by atoms with van der Waals surface area (Å²) in [5.41, 5.74) is 0.705. The van der Waals surface area contributed by atoms with Crippen LogP contribution in [0.25, 0.3) is 0 Å². The summed E-state index contributed by atoms with van der Waals surface area (Å²) < 4.78 is 10.9. The summed E-state index contributed by atoms with van der Waals surface area (Å²) in [4.78, 5) is 17.4. The number of halogens is 1. The van der Waals surface area contributed by atoms with Gasteiger partial charge >= 0.3 is 5.97 Å². The molecular weight excluding hydrogens is 334 g/mol. The van der Waals surface area contributed by atoms with Crippen molar-refractivity contribution >= 4 is 23.4 Å². The lowest BCUT2D eigenvalue weighted by molar-refractivity contribution is 0.0691. The Labute approximate surface area is 144 Å². The molecule has 3 rings (SSSR count). The summed E-state index contributed by atoms with van der Waals surface area (Å²) in [6.07, 6.45) is 0.705. The van der Waals surface area contributed by atoms with Gasteiger partial charge in [-0.25, -0.2) is 9.78 Å². The molecule has 1 N–H and O–H groups in total. The highest BCUT2D eigenvalue weighted by molar-refractivity contribution is 6.33. The van der Waals surface area contributed by atoms with Gasteiger partial charge in [-0.2, -0.15) is 0 Å². The Morgan fingerprint density at radius 2 is 2.29 bits per heavy atom. The number of aromatic nitrogens is 2. The maximum absolute atomic E-state index is 11.2. The molecule has 0 aromatic carbocycles. The van der Waals surface area contributed by atoms with E-state index in [1.165, 1.54) is 0 Å². The van der Waals surface area contributed by atoms with E-state index in [0.717, 1.165) is 11.5 Å². The number of hydrogen-bond donors (Lipinski definition) is 1. The molecule has 2 atom stereocenters. The normalized spacial score (nSPS) is 20.5. The number of carbonyl (C=O) groups is 1. The van der Waals surface area contributed by atoms with E-state index in [2.05, 4.69) is 10.1 Å². The monoisotopic (exact) mass is 351 g/mol. The number of aryl methyl sites for hydroxylation is 1. The highest BCUT2D eigenvalue weighted by Crippen LogP contribution is 2.28. The summed E-state index contributed by atoms with van der Waals surface area (Å²) in [6.45, 7) is 3.20. The van der Waals surface area contributed by atoms with Gasteiger partial charge in [0.1, 0.15) is 11.6 Å². The first-order valence-electron chi connectivity index (χ1n) is 7.57. The van der Waals surface area contributed by atoms with Gasteiger partial charge in [0, 0.05) is 38.6 Å². The predicted molar refractivity (Wildman–Crippen MR) is 87.7 cm³/mol. The molecule has 3 heterocycles. The number of pyridine rings is 1. The Bertz CT molecular complexity index is 749.